The molecule has 100 valence electrons. The zero-order chi connectivity index (χ0) is 14.2. The fourth-order valence-corrected chi connectivity index (χ4v) is 3.02. The summed E-state index contributed by atoms with van der Waals surface area (Å²) in [6, 6.07) is 0.982. The number of thiophene rings is 1. The minimum absolute atomic E-state index is 0.366. The highest BCUT2D eigenvalue weighted by atomic mass is 32.1. The number of aryl methyl sites for hydroxylation is 2. The summed E-state index contributed by atoms with van der Waals surface area (Å²) in [5.74, 6) is -1.42. The van der Waals surface area contributed by atoms with Gasteiger partial charge in [-0.2, -0.15) is 0 Å². The Morgan fingerprint density at radius 1 is 1.42 bits per heavy atom. The Bertz CT molecular complexity index is 663. The van der Waals surface area contributed by atoms with E-state index in [9.17, 15) is 9.59 Å². The van der Waals surface area contributed by atoms with Crippen LogP contribution in [-0.2, 0) is 4.79 Å². The lowest BCUT2D eigenvalue weighted by Crippen LogP contribution is -2.38. The number of hydrogen-bond acceptors (Lipinski definition) is 4. The summed E-state index contributed by atoms with van der Waals surface area (Å²) in [6.07, 6.45) is 1.70. The van der Waals surface area contributed by atoms with Crippen LogP contribution in [-0.4, -0.2) is 28.0 Å². The molecule has 0 aliphatic rings. The molecule has 0 unspecified atom stereocenters. The van der Waals surface area contributed by atoms with Gasteiger partial charge in [-0.15, -0.1) is 11.3 Å². The molecule has 0 aliphatic heterocycles. The minimum Gasteiger partial charge on any atom is -0.480 e. The average molecular weight is 278 g/mol. The van der Waals surface area contributed by atoms with Gasteiger partial charge in [0.15, 0.2) is 0 Å². The molecule has 5 nitrogen and oxygen atoms in total. The maximum absolute atomic E-state index is 12.1. The molecular formula is C13H14N2O3S. The molecule has 2 aromatic rings. The monoisotopic (exact) mass is 278 g/mol. The SMILES string of the molecule is Cc1ccnc2sc(C(=O)N[C@@H](C)C(=O)O)c(C)c12. The van der Waals surface area contributed by atoms with Crippen LogP contribution in [0.1, 0.15) is 27.7 Å². The highest BCUT2D eigenvalue weighted by molar-refractivity contribution is 7.20. The van der Waals surface area contributed by atoms with Gasteiger partial charge in [0.2, 0.25) is 0 Å². The van der Waals surface area contributed by atoms with Crippen molar-refractivity contribution < 1.29 is 14.7 Å². The standard InChI is InChI=1S/C13H14N2O3S/c1-6-4-5-14-12-9(6)7(2)10(19-12)11(16)15-8(3)13(17)18/h4-5,8H,1-3H3,(H,15,16)(H,17,18)/t8-/m0/s1. The molecule has 0 spiro atoms. The summed E-state index contributed by atoms with van der Waals surface area (Å²) >= 11 is 1.28. The predicted octanol–water partition coefficient (Wildman–Crippen LogP) is 2.12. The Hall–Kier alpha value is -1.95. The van der Waals surface area contributed by atoms with Gasteiger partial charge in [-0.05, 0) is 38.0 Å². The Morgan fingerprint density at radius 2 is 2.11 bits per heavy atom. The molecule has 2 aromatic heterocycles. The van der Waals surface area contributed by atoms with E-state index < -0.39 is 12.0 Å². The number of fused-ring (bicyclic) bond motifs is 1. The molecule has 2 heterocycles. The smallest absolute Gasteiger partial charge is 0.325 e. The van der Waals surface area contributed by atoms with Crippen molar-refractivity contribution >= 4 is 33.4 Å². The summed E-state index contributed by atoms with van der Waals surface area (Å²) in [7, 11) is 0. The summed E-state index contributed by atoms with van der Waals surface area (Å²) in [5.41, 5.74) is 1.91. The lowest BCUT2D eigenvalue weighted by Gasteiger charge is -2.08. The van der Waals surface area contributed by atoms with Crippen LogP contribution in [0.15, 0.2) is 12.3 Å². The lowest BCUT2D eigenvalue weighted by atomic mass is 10.1. The van der Waals surface area contributed by atoms with Crippen molar-refractivity contribution in [2.75, 3.05) is 0 Å². The van der Waals surface area contributed by atoms with Crippen molar-refractivity contribution in [3.63, 3.8) is 0 Å². The zero-order valence-corrected chi connectivity index (χ0v) is 11.7. The van der Waals surface area contributed by atoms with Crippen LogP contribution < -0.4 is 5.32 Å². The van der Waals surface area contributed by atoms with E-state index in [2.05, 4.69) is 10.3 Å². The molecule has 1 atom stereocenters. The molecule has 0 saturated carbocycles. The zero-order valence-electron chi connectivity index (χ0n) is 10.9. The first-order chi connectivity index (χ1) is 8.91. The van der Waals surface area contributed by atoms with E-state index in [1.54, 1.807) is 6.20 Å². The highest BCUT2D eigenvalue weighted by Crippen LogP contribution is 2.31. The number of nitrogens with one attached hydrogen (secondary N) is 1. The number of aromatic nitrogens is 1. The van der Waals surface area contributed by atoms with E-state index in [0.29, 0.717) is 4.88 Å². The Morgan fingerprint density at radius 3 is 2.68 bits per heavy atom. The molecule has 0 bridgehead atoms. The van der Waals surface area contributed by atoms with Crippen LogP contribution in [0.2, 0.25) is 0 Å². The third kappa shape index (κ3) is 2.44. The number of carbonyl (C=O) groups excluding carboxylic acids is 1. The van der Waals surface area contributed by atoms with Crippen LogP contribution in [0.3, 0.4) is 0 Å². The molecule has 1 amide bonds. The first kappa shape index (κ1) is 13.5. The second kappa shape index (κ2) is 4.97. The maximum Gasteiger partial charge on any atom is 0.325 e. The van der Waals surface area contributed by atoms with E-state index >= 15 is 0 Å². The Balaban J connectivity index is 2.41. The predicted molar refractivity (Wildman–Crippen MR) is 73.7 cm³/mol. The molecule has 2 N–H and O–H groups in total. The van der Waals surface area contributed by atoms with Crippen LogP contribution in [0.5, 0.6) is 0 Å². The fraction of sp³-hybridized carbons (Fsp3) is 0.308. The van der Waals surface area contributed by atoms with Crippen molar-refractivity contribution in [2.24, 2.45) is 0 Å². The minimum atomic E-state index is -1.05. The summed E-state index contributed by atoms with van der Waals surface area (Å²) in [4.78, 5) is 28.4. The van der Waals surface area contributed by atoms with E-state index in [0.717, 1.165) is 21.3 Å². The topological polar surface area (TPSA) is 79.3 Å². The van der Waals surface area contributed by atoms with Crippen LogP contribution in [0.4, 0.5) is 0 Å². The van der Waals surface area contributed by atoms with Gasteiger partial charge in [0, 0.05) is 11.6 Å². The van der Waals surface area contributed by atoms with Crippen molar-refractivity contribution in [1.29, 1.82) is 0 Å². The molecule has 0 aromatic carbocycles. The maximum atomic E-state index is 12.1. The third-order valence-corrected chi connectivity index (χ3v) is 4.16. The second-order valence-electron chi connectivity index (χ2n) is 4.40. The van der Waals surface area contributed by atoms with E-state index in [-0.39, 0.29) is 5.91 Å². The first-order valence-corrected chi connectivity index (χ1v) is 6.62. The number of carboxylic acids is 1. The van der Waals surface area contributed by atoms with Gasteiger partial charge in [0.05, 0.1) is 4.88 Å². The van der Waals surface area contributed by atoms with Gasteiger partial charge < -0.3 is 10.4 Å². The second-order valence-corrected chi connectivity index (χ2v) is 5.40. The number of nitrogens with zero attached hydrogens (tertiary/aromatic N) is 1. The quantitative estimate of drug-likeness (QED) is 0.901. The molecule has 0 fully saturated rings. The van der Waals surface area contributed by atoms with Gasteiger partial charge >= 0.3 is 5.97 Å². The third-order valence-electron chi connectivity index (χ3n) is 2.96. The van der Waals surface area contributed by atoms with Gasteiger partial charge in [-0.25, -0.2) is 4.98 Å². The van der Waals surface area contributed by atoms with E-state index in [1.165, 1.54) is 18.3 Å². The van der Waals surface area contributed by atoms with Crippen LogP contribution >= 0.6 is 11.3 Å². The summed E-state index contributed by atoms with van der Waals surface area (Å²) in [6.45, 7) is 5.26. The van der Waals surface area contributed by atoms with E-state index in [4.69, 9.17) is 5.11 Å². The lowest BCUT2D eigenvalue weighted by molar-refractivity contribution is -0.138. The average Bonchev–Trinajstić information content (AvgIpc) is 2.68. The molecule has 0 saturated heterocycles. The molecule has 2 rings (SSSR count). The first-order valence-electron chi connectivity index (χ1n) is 5.80. The van der Waals surface area contributed by atoms with Crippen molar-refractivity contribution in [2.45, 2.75) is 26.8 Å². The van der Waals surface area contributed by atoms with Gasteiger partial charge in [0.1, 0.15) is 10.9 Å². The van der Waals surface area contributed by atoms with Crippen LogP contribution in [0.25, 0.3) is 10.2 Å². The van der Waals surface area contributed by atoms with Gasteiger partial charge in [0.25, 0.3) is 5.91 Å². The van der Waals surface area contributed by atoms with Crippen LogP contribution in [0, 0.1) is 13.8 Å². The highest BCUT2D eigenvalue weighted by Gasteiger charge is 2.20. The summed E-state index contributed by atoms with van der Waals surface area (Å²) < 4.78 is 0. The molecule has 6 heteroatoms. The van der Waals surface area contributed by atoms with Crippen molar-refractivity contribution in [3.05, 3.63) is 28.3 Å². The van der Waals surface area contributed by atoms with E-state index in [1.807, 2.05) is 19.9 Å². The largest absolute Gasteiger partial charge is 0.480 e. The molecule has 0 aliphatic carbocycles. The number of carbonyl (C=O) groups is 2. The molecule has 0 radical (unpaired) electrons. The number of rotatable bonds is 3. The van der Waals surface area contributed by atoms with Crippen molar-refractivity contribution in [1.82, 2.24) is 10.3 Å². The van der Waals surface area contributed by atoms with Crippen molar-refractivity contribution in [3.8, 4) is 0 Å². The Kier molecular flexibility index (Phi) is 3.53. The number of hydrogen-bond donors (Lipinski definition) is 2. The number of amides is 1. The number of carboxylic acid groups (broad SMARTS) is 1. The normalized spacial score (nSPS) is 12.4. The number of aliphatic carboxylic acids is 1. The van der Waals surface area contributed by atoms with Gasteiger partial charge in [-0.1, -0.05) is 0 Å². The Labute approximate surface area is 114 Å². The fourth-order valence-electron chi connectivity index (χ4n) is 1.89. The molecule has 19 heavy (non-hydrogen) atoms. The molecular weight excluding hydrogens is 264 g/mol. The summed E-state index contributed by atoms with van der Waals surface area (Å²) in [5, 5.41) is 12.2. The van der Waals surface area contributed by atoms with Gasteiger partial charge in [-0.3, -0.25) is 9.59 Å². The number of pyridine rings is 1.